The van der Waals surface area contributed by atoms with Crippen molar-refractivity contribution in [2.75, 3.05) is 13.2 Å². The van der Waals surface area contributed by atoms with Crippen LogP contribution in [0, 0.1) is 0 Å². The lowest BCUT2D eigenvalue weighted by Crippen LogP contribution is -2.43. The molecule has 5 nitrogen and oxygen atoms in total. The van der Waals surface area contributed by atoms with Crippen LogP contribution < -0.4 is 4.74 Å². The van der Waals surface area contributed by atoms with E-state index in [4.69, 9.17) is 9.73 Å². The molecule has 0 saturated heterocycles. The molecule has 2 rings (SSSR count). The number of aliphatic imine (C=N–C) groups is 1. The number of hydrogen-bond donors (Lipinski definition) is 0. The fourth-order valence-corrected chi connectivity index (χ4v) is 3.28. The van der Waals surface area contributed by atoms with Crippen molar-refractivity contribution >= 4 is 11.6 Å². The fraction of sp³-hybridized carbons (Fsp3) is 0.464. The van der Waals surface area contributed by atoms with Gasteiger partial charge in [0.2, 0.25) is 0 Å². The molecule has 1 amide bonds. The summed E-state index contributed by atoms with van der Waals surface area (Å²) in [7, 11) is 0. The van der Waals surface area contributed by atoms with Gasteiger partial charge in [0.05, 0.1) is 18.3 Å². The van der Waals surface area contributed by atoms with Gasteiger partial charge in [-0.05, 0) is 69.5 Å². The summed E-state index contributed by atoms with van der Waals surface area (Å²) in [6.07, 6.45) is 9.65. The number of ether oxygens (including phenoxy) is 1. The predicted molar refractivity (Wildman–Crippen MR) is 139 cm³/mol. The number of nitrogens with zero attached hydrogens (tertiary/aromatic N) is 3. The third kappa shape index (κ3) is 10.0. The van der Waals surface area contributed by atoms with E-state index in [0.717, 1.165) is 24.1 Å². The first-order valence-electron chi connectivity index (χ1n) is 12.0. The molecule has 0 radical (unpaired) electrons. The zero-order valence-corrected chi connectivity index (χ0v) is 21.4. The first-order chi connectivity index (χ1) is 15.9. The Morgan fingerprint density at radius 1 is 1.15 bits per heavy atom. The van der Waals surface area contributed by atoms with Crippen molar-refractivity contribution in [1.29, 1.82) is 0 Å². The van der Waals surface area contributed by atoms with Gasteiger partial charge in [0.25, 0.3) is 5.91 Å². The van der Waals surface area contributed by atoms with Crippen molar-refractivity contribution in [1.82, 2.24) is 9.88 Å². The lowest BCUT2D eigenvalue weighted by atomic mass is 10.1. The molecule has 1 atom stereocenters. The van der Waals surface area contributed by atoms with E-state index in [1.54, 1.807) is 11.1 Å². The van der Waals surface area contributed by atoms with E-state index in [2.05, 4.69) is 24.0 Å². The van der Waals surface area contributed by atoms with Crippen LogP contribution in [0.4, 0.5) is 0 Å². The minimum atomic E-state index is -0.0566. The minimum absolute atomic E-state index is 0.00653. The molecule has 0 aliphatic rings. The molecule has 0 saturated carbocycles. The minimum Gasteiger partial charge on any atom is -0.484 e. The van der Waals surface area contributed by atoms with Gasteiger partial charge in [0.15, 0.2) is 6.61 Å². The summed E-state index contributed by atoms with van der Waals surface area (Å²) < 4.78 is 5.77. The van der Waals surface area contributed by atoms with Crippen molar-refractivity contribution < 1.29 is 9.53 Å². The van der Waals surface area contributed by atoms with Crippen molar-refractivity contribution in [2.24, 2.45) is 4.99 Å². The van der Waals surface area contributed by atoms with Crippen LogP contribution in [0.25, 0.3) is 0 Å². The number of carbonyl (C=O) groups is 1. The first-order valence-corrected chi connectivity index (χ1v) is 12.0. The molecule has 1 aromatic heterocycles. The number of rotatable bonds is 11. The molecule has 2 aromatic rings. The molecule has 0 aliphatic heterocycles. The number of pyridine rings is 1. The summed E-state index contributed by atoms with van der Waals surface area (Å²) in [6, 6.07) is 11.9. The maximum atomic E-state index is 12.9. The Morgan fingerprint density at radius 3 is 2.39 bits per heavy atom. The molecule has 5 heteroatoms. The Kier molecular flexibility index (Phi) is 13.4. The Balaban J connectivity index is 0.00000265. The molecule has 33 heavy (non-hydrogen) atoms. The summed E-state index contributed by atoms with van der Waals surface area (Å²) in [4.78, 5) is 23.8. The molecule has 0 bridgehead atoms. The lowest BCUT2D eigenvalue weighted by Gasteiger charge is -2.27. The summed E-state index contributed by atoms with van der Waals surface area (Å²) in [5, 5.41) is 0. The van der Waals surface area contributed by atoms with E-state index in [1.807, 2.05) is 84.2 Å². The Labute approximate surface area is 200 Å². The van der Waals surface area contributed by atoms with Gasteiger partial charge >= 0.3 is 0 Å². The fourth-order valence-electron chi connectivity index (χ4n) is 3.28. The third-order valence-corrected chi connectivity index (χ3v) is 4.99. The van der Waals surface area contributed by atoms with E-state index >= 15 is 0 Å². The molecule has 0 spiro atoms. The van der Waals surface area contributed by atoms with E-state index in [-0.39, 0.29) is 24.6 Å². The quantitative estimate of drug-likeness (QED) is 0.369. The third-order valence-electron chi connectivity index (χ3n) is 4.99. The second kappa shape index (κ2) is 15.8. The first kappa shape index (κ1) is 28.1. The second-order valence-electron chi connectivity index (χ2n) is 7.88. The van der Waals surface area contributed by atoms with Crippen LogP contribution in [-0.2, 0) is 11.2 Å². The SMILES string of the molecule is C/C=C\C(CN(C(=O)COc1ccc(CCC)cc1)C(C)C)=NC(C)c1cccnc1.CC. The van der Waals surface area contributed by atoms with Gasteiger partial charge in [-0.1, -0.05) is 51.5 Å². The maximum absolute atomic E-state index is 12.9. The largest absolute Gasteiger partial charge is 0.484 e. The molecule has 0 N–H and O–H groups in total. The van der Waals surface area contributed by atoms with E-state index in [1.165, 1.54) is 5.56 Å². The highest BCUT2D eigenvalue weighted by Crippen LogP contribution is 2.17. The number of amides is 1. The van der Waals surface area contributed by atoms with Crippen molar-refractivity contribution in [3.05, 3.63) is 72.1 Å². The van der Waals surface area contributed by atoms with E-state index in [9.17, 15) is 4.79 Å². The summed E-state index contributed by atoms with van der Waals surface area (Å²) in [5.41, 5.74) is 3.17. The molecule has 0 fully saturated rings. The highest BCUT2D eigenvalue weighted by Gasteiger charge is 2.19. The smallest absolute Gasteiger partial charge is 0.261 e. The van der Waals surface area contributed by atoms with Gasteiger partial charge in [-0.2, -0.15) is 0 Å². The topological polar surface area (TPSA) is 54.8 Å². The van der Waals surface area contributed by atoms with Gasteiger partial charge in [-0.3, -0.25) is 14.8 Å². The summed E-state index contributed by atoms with van der Waals surface area (Å²) in [6.45, 7) is 14.6. The number of carbonyl (C=O) groups excluding carboxylic acids is 1. The molecular formula is C28H41N3O2. The molecule has 1 unspecified atom stereocenters. The van der Waals surface area contributed by atoms with E-state index < -0.39 is 0 Å². The monoisotopic (exact) mass is 451 g/mol. The zero-order valence-electron chi connectivity index (χ0n) is 21.4. The predicted octanol–water partition coefficient (Wildman–Crippen LogP) is 6.45. The average molecular weight is 452 g/mol. The Morgan fingerprint density at radius 2 is 1.85 bits per heavy atom. The van der Waals surface area contributed by atoms with Crippen molar-refractivity contribution in [2.45, 2.75) is 73.4 Å². The normalized spacial score (nSPS) is 12.3. The van der Waals surface area contributed by atoms with Crippen LogP contribution >= 0.6 is 0 Å². The van der Waals surface area contributed by atoms with Crippen LogP contribution in [0.1, 0.15) is 72.1 Å². The Hall–Kier alpha value is -2.95. The number of hydrogen-bond acceptors (Lipinski definition) is 4. The van der Waals surface area contributed by atoms with E-state index in [0.29, 0.717) is 12.3 Å². The molecular weight excluding hydrogens is 410 g/mol. The molecule has 1 heterocycles. The van der Waals surface area contributed by atoms with Crippen LogP contribution in [-0.4, -0.2) is 40.7 Å². The maximum Gasteiger partial charge on any atom is 0.261 e. The van der Waals surface area contributed by atoms with Crippen LogP contribution in [0.15, 0.2) is 65.9 Å². The number of aryl methyl sites for hydroxylation is 1. The summed E-state index contributed by atoms with van der Waals surface area (Å²) >= 11 is 0. The number of allylic oxidation sites excluding steroid dienone is 1. The average Bonchev–Trinajstić information content (AvgIpc) is 2.83. The highest BCUT2D eigenvalue weighted by molar-refractivity contribution is 5.98. The van der Waals surface area contributed by atoms with Crippen LogP contribution in [0.3, 0.4) is 0 Å². The van der Waals surface area contributed by atoms with Crippen LogP contribution in [0.2, 0.25) is 0 Å². The highest BCUT2D eigenvalue weighted by atomic mass is 16.5. The Bertz CT molecular complexity index is 858. The summed E-state index contributed by atoms with van der Waals surface area (Å²) in [5.74, 6) is 0.656. The van der Waals surface area contributed by atoms with Gasteiger partial charge in [-0.15, -0.1) is 0 Å². The lowest BCUT2D eigenvalue weighted by molar-refractivity contribution is -0.134. The molecule has 180 valence electrons. The second-order valence-corrected chi connectivity index (χ2v) is 7.88. The zero-order chi connectivity index (χ0) is 24.6. The molecule has 0 aliphatic carbocycles. The standard InChI is InChI=1S/C26H35N3O2.C2H6/c1-6-9-22-12-14-25(15-13-22)31-19-26(30)29(20(3)4)18-24(10-7-2)28-21(5)23-11-8-16-27-17-23;1-2/h7-8,10-17,20-21H,6,9,18-19H2,1-5H3;1-2H3/b10-7-,28-24?;. The van der Waals surface area contributed by atoms with Crippen molar-refractivity contribution in [3.8, 4) is 5.75 Å². The van der Waals surface area contributed by atoms with Crippen LogP contribution in [0.5, 0.6) is 5.75 Å². The van der Waals surface area contributed by atoms with Gasteiger partial charge < -0.3 is 9.64 Å². The van der Waals surface area contributed by atoms with Gasteiger partial charge in [-0.25, -0.2) is 0 Å². The number of benzene rings is 1. The van der Waals surface area contributed by atoms with Crippen molar-refractivity contribution in [3.63, 3.8) is 0 Å². The molecule has 1 aromatic carbocycles. The van der Waals surface area contributed by atoms with Gasteiger partial charge in [0, 0.05) is 18.4 Å². The number of aromatic nitrogens is 1. The van der Waals surface area contributed by atoms with Gasteiger partial charge in [0.1, 0.15) is 5.75 Å².